The van der Waals surface area contributed by atoms with E-state index in [0.717, 1.165) is 11.3 Å². The van der Waals surface area contributed by atoms with Crippen LogP contribution in [0.5, 0.6) is 11.5 Å². The maximum Gasteiger partial charge on any atom is 0.348 e. The van der Waals surface area contributed by atoms with Crippen molar-refractivity contribution in [2.24, 2.45) is 0 Å². The number of esters is 2. The number of hydrogen-bond acceptors (Lipinski definition) is 9. The van der Waals surface area contributed by atoms with Crippen LogP contribution in [0.1, 0.15) is 48.8 Å². The monoisotopic (exact) mass is 473 g/mol. The van der Waals surface area contributed by atoms with E-state index in [1.165, 1.54) is 13.2 Å². The number of amides is 1. The topological polar surface area (TPSA) is 113 Å². The fourth-order valence-electron chi connectivity index (χ4n) is 2.97. The van der Waals surface area contributed by atoms with Crippen LogP contribution in [0.25, 0.3) is 0 Å². The van der Waals surface area contributed by atoms with Crippen LogP contribution in [0.4, 0.5) is 5.00 Å². The number of rotatable bonds is 9. The van der Waals surface area contributed by atoms with Gasteiger partial charge in [0.05, 0.1) is 26.4 Å². The second-order valence-electron chi connectivity index (χ2n) is 6.63. The summed E-state index contributed by atoms with van der Waals surface area (Å²) >= 11 is 0.932. The van der Waals surface area contributed by atoms with E-state index in [1.54, 1.807) is 39.2 Å². The molecule has 0 saturated carbocycles. The van der Waals surface area contributed by atoms with E-state index >= 15 is 0 Å². The summed E-state index contributed by atoms with van der Waals surface area (Å²) in [7, 11) is 2.76. The molecule has 0 aliphatic carbocycles. The van der Waals surface area contributed by atoms with Crippen LogP contribution in [0.15, 0.2) is 40.8 Å². The summed E-state index contributed by atoms with van der Waals surface area (Å²) in [5.41, 5.74) is 0.455. The van der Waals surface area contributed by atoms with Gasteiger partial charge in [0, 0.05) is 0 Å². The van der Waals surface area contributed by atoms with Gasteiger partial charge in [0.1, 0.15) is 22.2 Å². The van der Waals surface area contributed by atoms with Gasteiger partial charge in [-0.1, -0.05) is 12.1 Å². The van der Waals surface area contributed by atoms with Crippen molar-refractivity contribution in [3.8, 4) is 11.5 Å². The van der Waals surface area contributed by atoms with Crippen LogP contribution in [0.2, 0.25) is 0 Å². The molecule has 0 radical (unpaired) electrons. The summed E-state index contributed by atoms with van der Waals surface area (Å²) in [6, 6.07) is 10.2. The number of carbonyl (C=O) groups excluding carboxylic acids is 3. The van der Waals surface area contributed by atoms with Crippen LogP contribution in [0.3, 0.4) is 0 Å². The van der Waals surface area contributed by atoms with Crippen molar-refractivity contribution in [3.63, 3.8) is 0 Å². The van der Waals surface area contributed by atoms with Crippen molar-refractivity contribution in [2.75, 3.05) is 26.1 Å². The number of ether oxygens (including phenoxy) is 4. The zero-order chi connectivity index (χ0) is 24.0. The Morgan fingerprint density at radius 2 is 1.76 bits per heavy atom. The van der Waals surface area contributed by atoms with E-state index in [0.29, 0.717) is 22.8 Å². The molecule has 0 bridgehead atoms. The Morgan fingerprint density at radius 1 is 1.03 bits per heavy atom. The Morgan fingerprint density at radius 3 is 2.42 bits per heavy atom. The summed E-state index contributed by atoms with van der Waals surface area (Å²) in [4.78, 5) is 37.5. The van der Waals surface area contributed by atoms with Gasteiger partial charge >= 0.3 is 11.9 Å². The molecule has 0 aliphatic heterocycles. The lowest BCUT2D eigenvalue weighted by molar-refractivity contribution is 0.0531. The smallest absolute Gasteiger partial charge is 0.348 e. The Balaban J connectivity index is 1.76. The molecule has 0 fully saturated rings. The molecule has 1 amide bonds. The summed E-state index contributed by atoms with van der Waals surface area (Å²) < 4.78 is 26.4. The van der Waals surface area contributed by atoms with Crippen molar-refractivity contribution in [2.45, 2.75) is 20.5 Å². The highest BCUT2D eigenvalue weighted by Crippen LogP contribution is 2.34. The summed E-state index contributed by atoms with van der Waals surface area (Å²) in [5.74, 6) is -0.338. The lowest BCUT2D eigenvalue weighted by Gasteiger charge is -2.08. The van der Waals surface area contributed by atoms with E-state index in [-0.39, 0.29) is 34.4 Å². The Labute approximate surface area is 194 Å². The van der Waals surface area contributed by atoms with Crippen molar-refractivity contribution in [1.29, 1.82) is 0 Å². The molecule has 0 aliphatic rings. The van der Waals surface area contributed by atoms with Gasteiger partial charge in [-0.2, -0.15) is 0 Å². The Hall–Kier alpha value is -3.79. The molecule has 1 N–H and O–H groups in total. The van der Waals surface area contributed by atoms with Crippen LogP contribution >= 0.6 is 11.3 Å². The van der Waals surface area contributed by atoms with Crippen LogP contribution < -0.4 is 14.8 Å². The standard InChI is InChI=1S/C23H23NO8S/c1-5-30-23(27)19-13(2)18(22(26)29-4)21(33-19)24-20(25)17-11-10-14(32-17)12-31-16-9-7-6-8-15(16)28-3/h6-11H,5,12H2,1-4H3,(H,24,25). The molecular weight excluding hydrogens is 450 g/mol. The van der Waals surface area contributed by atoms with E-state index in [1.807, 2.05) is 12.1 Å². The number of methoxy groups -OCH3 is 2. The molecule has 9 nitrogen and oxygen atoms in total. The third kappa shape index (κ3) is 5.35. The average molecular weight is 474 g/mol. The molecule has 2 heterocycles. The third-order valence-corrected chi connectivity index (χ3v) is 5.74. The van der Waals surface area contributed by atoms with Gasteiger partial charge in [0.15, 0.2) is 17.3 Å². The number of nitrogens with one attached hydrogen (secondary N) is 1. The zero-order valence-electron chi connectivity index (χ0n) is 18.6. The second kappa shape index (κ2) is 10.7. The molecule has 0 spiro atoms. The van der Waals surface area contributed by atoms with Crippen molar-refractivity contribution >= 4 is 34.2 Å². The third-order valence-electron chi connectivity index (χ3n) is 4.55. The number of benzene rings is 1. The average Bonchev–Trinajstić information content (AvgIpc) is 3.42. The second-order valence-corrected chi connectivity index (χ2v) is 7.65. The lowest BCUT2D eigenvalue weighted by Crippen LogP contribution is -2.13. The van der Waals surface area contributed by atoms with Gasteiger partial charge in [0.25, 0.3) is 5.91 Å². The summed E-state index contributed by atoms with van der Waals surface area (Å²) in [5, 5.41) is 2.78. The van der Waals surface area contributed by atoms with Gasteiger partial charge in [-0.15, -0.1) is 11.3 Å². The predicted molar refractivity (Wildman–Crippen MR) is 120 cm³/mol. The van der Waals surface area contributed by atoms with E-state index in [2.05, 4.69) is 5.32 Å². The SMILES string of the molecule is CCOC(=O)c1sc(NC(=O)c2ccc(COc3ccccc3OC)o2)c(C(=O)OC)c1C. The normalized spacial score (nSPS) is 10.4. The first-order chi connectivity index (χ1) is 15.9. The lowest BCUT2D eigenvalue weighted by atomic mass is 10.1. The number of thiophene rings is 1. The predicted octanol–water partition coefficient (Wildman–Crippen LogP) is 4.45. The van der Waals surface area contributed by atoms with E-state index < -0.39 is 17.8 Å². The largest absolute Gasteiger partial charge is 0.493 e. The molecule has 3 aromatic rings. The van der Waals surface area contributed by atoms with Crippen LogP contribution in [0, 0.1) is 6.92 Å². The minimum Gasteiger partial charge on any atom is -0.493 e. The van der Waals surface area contributed by atoms with E-state index in [4.69, 9.17) is 23.4 Å². The Kier molecular flexibility index (Phi) is 7.73. The summed E-state index contributed by atoms with van der Waals surface area (Å²) in [6.45, 7) is 3.52. The number of carbonyl (C=O) groups is 3. The highest BCUT2D eigenvalue weighted by molar-refractivity contribution is 7.18. The first kappa shape index (κ1) is 23.9. The first-order valence-corrected chi connectivity index (χ1v) is 10.8. The number of para-hydroxylation sites is 2. The maximum absolute atomic E-state index is 12.8. The fourth-order valence-corrected chi connectivity index (χ4v) is 4.05. The van der Waals surface area contributed by atoms with Crippen molar-refractivity contribution in [1.82, 2.24) is 0 Å². The maximum atomic E-state index is 12.8. The minimum absolute atomic E-state index is 0.00757. The van der Waals surface area contributed by atoms with Crippen LogP contribution in [-0.2, 0) is 16.1 Å². The van der Waals surface area contributed by atoms with Crippen molar-refractivity contribution in [3.05, 3.63) is 63.9 Å². The molecule has 0 atom stereocenters. The van der Waals surface area contributed by atoms with E-state index in [9.17, 15) is 14.4 Å². The van der Waals surface area contributed by atoms with Gasteiger partial charge in [-0.05, 0) is 43.7 Å². The molecule has 174 valence electrons. The van der Waals surface area contributed by atoms with Gasteiger partial charge in [0.2, 0.25) is 0 Å². The number of furan rings is 1. The molecule has 1 aromatic carbocycles. The number of hydrogen-bond donors (Lipinski definition) is 1. The Bertz CT molecular complexity index is 1160. The zero-order valence-corrected chi connectivity index (χ0v) is 19.4. The first-order valence-electron chi connectivity index (χ1n) is 9.94. The fraction of sp³-hybridized carbons (Fsp3) is 0.261. The molecule has 0 saturated heterocycles. The highest BCUT2D eigenvalue weighted by Gasteiger charge is 2.27. The molecular formula is C23H23NO8S. The quantitative estimate of drug-likeness (QED) is 0.454. The summed E-state index contributed by atoms with van der Waals surface area (Å²) in [6.07, 6.45) is 0. The molecule has 0 unspecified atom stereocenters. The minimum atomic E-state index is -0.681. The van der Waals surface area contributed by atoms with Crippen LogP contribution in [-0.4, -0.2) is 38.7 Å². The molecule has 3 rings (SSSR count). The van der Waals surface area contributed by atoms with Gasteiger partial charge in [-0.25, -0.2) is 9.59 Å². The van der Waals surface area contributed by atoms with Crippen molar-refractivity contribution < 1.29 is 37.7 Å². The van der Waals surface area contributed by atoms with Gasteiger partial charge < -0.3 is 28.7 Å². The molecule has 33 heavy (non-hydrogen) atoms. The highest BCUT2D eigenvalue weighted by atomic mass is 32.1. The molecule has 2 aromatic heterocycles. The molecule has 10 heteroatoms. The number of anilines is 1. The van der Waals surface area contributed by atoms with Gasteiger partial charge in [-0.3, -0.25) is 4.79 Å².